The van der Waals surface area contributed by atoms with E-state index in [1.165, 1.54) is 0 Å². The molecule has 0 heterocycles. The summed E-state index contributed by atoms with van der Waals surface area (Å²) in [5.41, 5.74) is 1.02. The second kappa shape index (κ2) is 4.10. The van der Waals surface area contributed by atoms with Gasteiger partial charge in [-0.15, -0.1) is 0 Å². The van der Waals surface area contributed by atoms with Gasteiger partial charge in [-0.2, -0.15) is 0 Å². The zero-order valence-corrected chi connectivity index (χ0v) is 7.21. The fourth-order valence-corrected chi connectivity index (χ4v) is 1.44. The summed E-state index contributed by atoms with van der Waals surface area (Å²) in [6.45, 7) is 7.62. The van der Waals surface area contributed by atoms with E-state index < -0.39 is 0 Å². The molecule has 0 spiro atoms. The van der Waals surface area contributed by atoms with Gasteiger partial charge in [-0.05, 0) is 19.3 Å². The first-order valence-corrected chi connectivity index (χ1v) is 4.21. The maximum atomic E-state index is 11.3. The van der Waals surface area contributed by atoms with Crippen molar-refractivity contribution in [1.29, 1.82) is 0 Å². The maximum Gasteiger partial charge on any atom is 0.313 e. The Morgan fingerprint density at radius 1 is 1.75 bits per heavy atom. The SMILES string of the molecule is C=CCOC(=O)C1CCCC1=C. The van der Waals surface area contributed by atoms with Crippen molar-refractivity contribution in [1.82, 2.24) is 0 Å². The van der Waals surface area contributed by atoms with Crippen molar-refractivity contribution in [3.05, 3.63) is 24.8 Å². The number of hydrogen-bond donors (Lipinski definition) is 0. The molecule has 12 heavy (non-hydrogen) atoms. The minimum Gasteiger partial charge on any atom is -0.461 e. The molecule has 1 rings (SSSR count). The van der Waals surface area contributed by atoms with Crippen molar-refractivity contribution in [2.24, 2.45) is 5.92 Å². The van der Waals surface area contributed by atoms with Crippen molar-refractivity contribution in [3.8, 4) is 0 Å². The minimum atomic E-state index is -0.141. The van der Waals surface area contributed by atoms with Crippen LogP contribution in [-0.2, 0) is 9.53 Å². The lowest BCUT2D eigenvalue weighted by atomic mass is 10.1. The standard InChI is InChI=1S/C10H14O2/c1-3-7-12-10(11)9-6-4-5-8(9)2/h3,9H,1-2,4-7H2. The highest BCUT2D eigenvalue weighted by Crippen LogP contribution is 2.30. The molecular formula is C10H14O2. The Bertz CT molecular complexity index is 206. The van der Waals surface area contributed by atoms with E-state index in [-0.39, 0.29) is 11.9 Å². The molecule has 1 atom stereocenters. The summed E-state index contributed by atoms with van der Waals surface area (Å²) in [4.78, 5) is 11.3. The summed E-state index contributed by atoms with van der Waals surface area (Å²) < 4.78 is 4.93. The van der Waals surface area contributed by atoms with E-state index in [4.69, 9.17) is 4.74 Å². The van der Waals surface area contributed by atoms with E-state index in [0.717, 1.165) is 24.8 Å². The molecule has 0 aromatic rings. The zero-order chi connectivity index (χ0) is 8.97. The molecule has 0 saturated heterocycles. The van der Waals surface area contributed by atoms with Crippen LogP contribution in [0.3, 0.4) is 0 Å². The Kier molecular flexibility index (Phi) is 3.09. The molecule has 2 heteroatoms. The van der Waals surface area contributed by atoms with Crippen molar-refractivity contribution < 1.29 is 9.53 Å². The molecule has 1 aliphatic rings. The second-order valence-electron chi connectivity index (χ2n) is 3.02. The van der Waals surface area contributed by atoms with Gasteiger partial charge in [0.1, 0.15) is 6.61 Å². The molecule has 1 fully saturated rings. The molecule has 1 saturated carbocycles. The van der Waals surface area contributed by atoms with Crippen LogP contribution < -0.4 is 0 Å². The van der Waals surface area contributed by atoms with Crippen LogP contribution in [0.4, 0.5) is 0 Å². The summed E-state index contributed by atoms with van der Waals surface area (Å²) in [6, 6.07) is 0. The van der Waals surface area contributed by atoms with Crippen LogP contribution in [-0.4, -0.2) is 12.6 Å². The molecule has 1 unspecified atom stereocenters. The average Bonchev–Trinajstić information content (AvgIpc) is 2.47. The molecule has 2 nitrogen and oxygen atoms in total. The van der Waals surface area contributed by atoms with E-state index in [9.17, 15) is 4.79 Å². The Morgan fingerprint density at radius 3 is 3.00 bits per heavy atom. The van der Waals surface area contributed by atoms with Gasteiger partial charge in [0.2, 0.25) is 0 Å². The van der Waals surface area contributed by atoms with Crippen molar-refractivity contribution in [2.45, 2.75) is 19.3 Å². The monoisotopic (exact) mass is 166 g/mol. The Balaban J connectivity index is 2.40. The summed E-state index contributed by atoms with van der Waals surface area (Å²) >= 11 is 0. The highest BCUT2D eigenvalue weighted by Gasteiger charge is 2.27. The molecule has 0 aromatic heterocycles. The molecular weight excluding hydrogens is 152 g/mol. The largest absolute Gasteiger partial charge is 0.461 e. The van der Waals surface area contributed by atoms with Crippen molar-refractivity contribution in [3.63, 3.8) is 0 Å². The van der Waals surface area contributed by atoms with Gasteiger partial charge in [0.15, 0.2) is 0 Å². The second-order valence-corrected chi connectivity index (χ2v) is 3.02. The predicted molar refractivity (Wildman–Crippen MR) is 47.6 cm³/mol. The lowest BCUT2D eigenvalue weighted by Crippen LogP contribution is -2.15. The van der Waals surface area contributed by atoms with Gasteiger partial charge in [-0.3, -0.25) is 4.79 Å². The molecule has 0 aliphatic heterocycles. The molecule has 66 valence electrons. The van der Waals surface area contributed by atoms with Gasteiger partial charge >= 0.3 is 5.97 Å². The number of carbonyl (C=O) groups excluding carboxylic acids is 1. The molecule has 0 aromatic carbocycles. The zero-order valence-electron chi connectivity index (χ0n) is 7.21. The molecule has 0 N–H and O–H groups in total. The lowest BCUT2D eigenvalue weighted by Gasteiger charge is -2.08. The number of hydrogen-bond acceptors (Lipinski definition) is 2. The van der Waals surface area contributed by atoms with Crippen LogP contribution in [0.1, 0.15) is 19.3 Å². The lowest BCUT2D eigenvalue weighted by molar-refractivity contribution is -0.145. The molecule has 0 amide bonds. The first-order chi connectivity index (χ1) is 5.75. The average molecular weight is 166 g/mol. The van der Waals surface area contributed by atoms with Crippen LogP contribution in [0.15, 0.2) is 24.8 Å². The van der Waals surface area contributed by atoms with Crippen LogP contribution >= 0.6 is 0 Å². The van der Waals surface area contributed by atoms with E-state index in [0.29, 0.717) is 6.61 Å². The Hall–Kier alpha value is -1.05. The van der Waals surface area contributed by atoms with Gasteiger partial charge in [0, 0.05) is 0 Å². The van der Waals surface area contributed by atoms with Crippen LogP contribution in [0.25, 0.3) is 0 Å². The molecule has 1 aliphatic carbocycles. The van der Waals surface area contributed by atoms with Gasteiger partial charge < -0.3 is 4.74 Å². The fraction of sp³-hybridized carbons (Fsp3) is 0.500. The summed E-state index contributed by atoms with van der Waals surface area (Å²) in [6.07, 6.45) is 4.50. The summed E-state index contributed by atoms with van der Waals surface area (Å²) in [7, 11) is 0. The molecule has 0 radical (unpaired) electrons. The highest BCUT2D eigenvalue weighted by atomic mass is 16.5. The first kappa shape index (κ1) is 9.04. The predicted octanol–water partition coefficient (Wildman–Crippen LogP) is 2.07. The van der Waals surface area contributed by atoms with Crippen molar-refractivity contribution >= 4 is 5.97 Å². The third-order valence-electron chi connectivity index (χ3n) is 2.11. The number of rotatable bonds is 3. The number of ether oxygens (including phenoxy) is 1. The minimum absolute atomic E-state index is 0.0510. The quantitative estimate of drug-likeness (QED) is 0.474. The van der Waals surface area contributed by atoms with Crippen LogP contribution in [0.2, 0.25) is 0 Å². The van der Waals surface area contributed by atoms with E-state index in [2.05, 4.69) is 13.2 Å². The van der Waals surface area contributed by atoms with Gasteiger partial charge in [0.05, 0.1) is 5.92 Å². The van der Waals surface area contributed by atoms with Gasteiger partial charge in [-0.25, -0.2) is 0 Å². The van der Waals surface area contributed by atoms with Gasteiger partial charge in [-0.1, -0.05) is 24.8 Å². The topological polar surface area (TPSA) is 26.3 Å². The van der Waals surface area contributed by atoms with Crippen LogP contribution in [0.5, 0.6) is 0 Å². The smallest absolute Gasteiger partial charge is 0.313 e. The summed E-state index contributed by atoms with van der Waals surface area (Å²) in [5, 5.41) is 0. The van der Waals surface area contributed by atoms with E-state index in [1.807, 2.05) is 0 Å². The Labute approximate surface area is 72.9 Å². The number of esters is 1. The van der Waals surface area contributed by atoms with Crippen LogP contribution in [0, 0.1) is 5.92 Å². The van der Waals surface area contributed by atoms with Crippen molar-refractivity contribution in [2.75, 3.05) is 6.61 Å². The van der Waals surface area contributed by atoms with Gasteiger partial charge in [0.25, 0.3) is 0 Å². The van der Waals surface area contributed by atoms with E-state index in [1.54, 1.807) is 6.08 Å². The third-order valence-corrected chi connectivity index (χ3v) is 2.11. The number of carbonyl (C=O) groups is 1. The first-order valence-electron chi connectivity index (χ1n) is 4.21. The third kappa shape index (κ3) is 1.97. The highest BCUT2D eigenvalue weighted by molar-refractivity contribution is 5.76. The fourth-order valence-electron chi connectivity index (χ4n) is 1.44. The summed E-state index contributed by atoms with van der Waals surface area (Å²) in [5.74, 6) is -0.192. The normalized spacial score (nSPS) is 22.3. The Morgan fingerprint density at radius 2 is 2.50 bits per heavy atom. The van der Waals surface area contributed by atoms with E-state index >= 15 is 0 Å². The molecule has 0 bridgehead atoms. The maximum absolute atomic E-state index is 11.3.